The number of hydrogen-bond donors (Lipinski definition) is 1. The van der Waals surface area contributed by atoms with Gasteiger partial charge in [-0.1, -0.05) is 30.3 Å². The fraction of sp³-hybridized carbons (Fsp3) is 0.118. The van der Waals surface area contributed by atoms with Gasteiger partial charge in [-0.2, -0.15) is 0 Å². The van der Waals surface area contributed by atoms with Crippen LogP contribution in [-0.2, 0) is 4.74 Å². The molecule has 4 nitrogen and oxygen atoms in total. The van der Waals surface area contributed by atoms with E-state index in [-0.39, 0.29) is 5.97 Å². The molecule has 0 spiro atoms. The second-order valence-electron chi connectivity index (χ2n) is 4.94. The van der Waals surface area contributed by atoms with E-state index in [0.717, 1.165) is 27.6 Å². The Morgan fingerprint density at radius 2 is 1.81 bits per heavy atom. The lowest BCUT2D eigenvalue weighted by Crippen LogP contribution is -2.04. The Bertz CT molecular complexity index is 978. The van der Waals surface area contributed by atoms with E-state index in [0.29, 0.717) is 12.2 Å². The monoisotopic (exact) mass is 278 g/mol. The SMILES string of the molecule is CCOC(=O)c1c2ccccc2n2c1[nH]c1ccccc12. The minimum Gasteiger partial charge on any atom is -0.462 e. The van der Waals surface area contributed by atoms with Crippen LogP contribution in [0.15, 0.2) is 48.5 Å². The molecule has 4 heteroatoms. The van der Waals surface area contributed by atoms with Crippen LogP contribution in [0, 0.1) is 0 Å². The predicted molar refractivity (Wildman–Crippen MR) is 82.7 cm³/mol. The summed E-state index contributed by atoms with van der Waals surface area (Å²) in [5.41, 5.74) is 4.45. The zero-order valence-corrected chi connectivity index (χ0v) is 11.6. The van der Waals surface area contributed by atoms with Crippen molar-refractivity contribution in [1.29, 1.82) is 0 Å². The summed E-state index contributed by atoms with van der Waals surface area (Å²) in [5, 5.41) is 0.910. The lowest BCUT2D eigenvalue weighted by Gasteiger charge is -2.00. The molecule has 21 heavy (non-hydrogen) atoms. The zero-order valence-electron chi connectivity index (χ0n) is 11.6. The maximum atomic E-state index is 12.4. The first-order valence-electron chi connectivity index (χ1n) is 6.98. The number of ether oxygens (including phenoxy) is 1. The number of fused-ring (bicyclic) bond motifs is 5. The van der Waals surface area contributed by atoms with E-state index in [9.17, 15) is 4.79 Å². The Labute approximate surface area is 120 Å². The minimum atomic E-state index is -0.289. The van der Waals surface area contributed by atoms with Crippen LogP contribution in [0.5, 0.6) is 0 Å². The molecule has 2 heterocycles. The maximum Gasteiger partial charge on any atom is 0.342 e. The summed E-state index contributed by atoms with van der Waals surface area (Å²) in [4.78, 5) is 15.7. The van der Waals surface area contributed by atoms with Gasteiger partial charge in [0.15, 0.2) is 0 Å². The van der Waals surface area contributed by atoms with Gasteiger partial charge in [0.1, 0.15) is 11.2 Å². The Morgan fingerprint density at radius 1 is 1.10 bits per heavy atom. The molecule has 4 aromatic rings. The third-order valence-corrected chi connectivity index (χ3v) is 3.75. The lowest BCUT2D eigenvalue weighted by atomic mass is 10.1. The molecule has 0 atom stereocenters. The van der Waals surface area contributed by atoms with E-state index in [1.165, 1.54) is 0 Å². The van der Waals surface area contributed by atoms with E-state index < -0.39 is 0 Å². The van der Waals surface area contributed by atoms with Crippen molar-refractivity contribution in [2.24, 2.45) is 0 Å². The number of rotatable bonds is 2. The zero-order chi connectivity index (χ0) is 14.4. The number of nitrogens with zero attached hydrogens (tertiary/aromatic N) is 1. The number of benzene rings is 2. The summed E-state index contributed by atoms with van der Waals surface area (Å²) in [6.07, 6.45) is 0. The Morgan fingerprint density at radius 3 is 2.62 bits per heavy atom. The molecule has 104 valence electrons. The van der Waals surface area contributed by atoms with Crippen molar-refractivity contribution in [3.8, 4) is 0 Å². The standard InChI is InChI=1S/C17H14N2O2/c1-2-21-17(20)15-11-7-3-5-9-13(11)19-14-10-6-4-8-12(14)18-16(15)19/h3-10,18H,2H2,1H3. The second-order valence-corrected chi connectivity index (χ2v) is 4.94. The topological polar surface area (TPSA) is 46.5 Å². The number of nitrogens with one attached hydrogen (secondary N) is 1. The number of para-hydroxylation sites is 3. The van der Waals surface area contributed by atoms with Gasteiger partial charge in [0, 0.05) is 5.39 Å². The van der Waals surface area contributed by atoms with Crippen LogP contribution in [-0.4, -0.2) is 22.0 Å². The van der Waals surface area contributed by atoms with Crippen LogP contribution in [0.3, 0.4) is 0 Å². The minimum absolute atomic E-state index is 0.289. The highest BCUT2D eigenvalue weighted by molar-refractivity contribution is 6.13. The molecule has 0 bridgehead atoms. The van der Waals surface area contributed by atoms with E-state index >= 15 is 0 Å². The van der Waals surface area contributed by atoms with Crippen molar-refractivity contribution in [3.05, 3.63) is 54.1 Å². The van der Waals surface area contributed by atoms with Crippen LogP contribution in [0.1, 0.15) is 17.3 Å². The van der Waals surface area contributed by atoms with Crippen molar-refractivity contribution in [1.82, 2.24) is 9.38 Å². The van der Waals surface area contributed by atoms with Crippen LogP contribution >= 0.6 is 0 Å². The molecule has 0 unspecified atom stereocenters. The van der Waals surface area contributed by atoms with Gasteiger partial charge in [-0.05, 0) is 25.1 Å². The number of carbonyl (C=O) groups excluding carboxylic acids is 1. The average Bonchev–Trinajstić information content (AvgIpc) is 3.01. The van der Waals surface area contributed by atoms with Crippen molar-refractivity contribution >= 4 is 33.6 Å². The van der Waals surface area contributed by atoms with Crippen LogP contribution in [0.2, 0.25) is 0 Å². The van der Waals surface area contributed by atoms with Gasteiger partial charge >= 0.3 is 5.97 Å². The van der Waals surface area contributed by atoms with Crippen molar-refractivity contribution in [2.75, 3.05) is 6.61 Å². The average molecular weight is 278 g/mol. The number of aromatic amines is 1. The van der Waals surface area contributed by atoms with Crippen molar-refractivity contribution < 1.29 is 9.53 Å². The van der Waals surface area contributed by atoms with Gasteiger partial charge in [-0.25, -0.2) is 4.79 Å². The molecular formula is C17H14N2O2. The largest absolute Gasteiger partial charge is 0.462 e. The fourth-order valence-corrected chi connectivity index (χ4v) is 2.92. The molecule has 0 fully saturated rings. The second kappa shape index (κ2) is 4.38. The molecule has 0 radical (unpaired) electrons. The van der Waals surface area contributed by atoms with E-state index in [2.05, 4.69) is 9.38 Å². The molecule has 0 aliphatic heterocycles. The Hall–Kier alpha value is -2.75. The molecule has 0 aliphatic carbocycles. The molecule has 0 amide bonds. The molecule has 1 N–H and O–H groups in total. The van der Waals surface area contributed by atoms with E-state index in [1.807, 2.05) is 55.5 Å². The van der Waals surface area contributed by atoms with Gasteiger partial charge in [0.2, 0.25) is 0 Å². The molecular weight excluding hydrogens is 264 g/mol. The number of esters is 1. The van der Waals surface area contributed by atoms with Crippen LogP contribution < -0.4 is 0 Å². The first kappa shape index (κ1) is 12.0. The first-order valence-corrected chi connectivity index (χ1v) is 6.98. The number of imidazole rings is 1. The Kier molecular flexibility index (Phi) is 2.51. The highest BCUT2D eigenvalue weighted by Gasteiger charge is 2.21. The Balaban J connectivity index is 2.21. The summed E-state index contributed by atoms with van der Waals surface area (Å²) in [6.45, 7) is 2.18. The third kappa shape index (κ3) is 1.59. The highest BCUT2D eigenvalue weighted by Crippen LogP contribution is 2.30. The number of carbonyl (C=O) groups is 1. The van der Waals surface area contributed by atoms with Gasteiger partial charge in [0.25, 0.3) is 0 Å². The van der Waals surface area contributed by atoms with Gasteiger partial charge < -0.3 is 9.72 Å². The quantitative estimate of drug-likeness (QED) is 0.568. The third-order valence-electron chi connectivity index (χ3n) is 3.75. The molecule has 2 aromatic carbocycles. The predicted octanol–water partition coefficient (Wildman–Crippen LogP) is 3.75. The maximum absolute atomic E-state index is 12.4. The fourth-order valence-electron chi connectivity index (χ4n) is 2.92. The number of hydrogen-bond acceptors (Lipinski definition) is 2. The summed E-state index contributed by atoms with van der Waals surface area (Å²) in [5.74, 6) is -0.289. The summed E-state index contributed by atoms with van der Waals surface area (Å²) < 4.78 is 7.31. The summed E-state index contributed by atoms with van der Waals surface area (Å²) in [6, 6.07) is 15.9. The number of aromatic nitrogens is 2. The summed E-state index contributed by atoms with van der Waals surface area (Å²) in [7, 11) is 0. The molecule has 0 saturated heterocycles. The molecule has 0 saturated carbocycles. The summed E-state index contributed by atoms with van der Waals surface area (Å²) >= 11 is 0. The molecule has 4 rings (SSSR count). The van der Waals surface area contributed by atoms with E-state index in [4.69, 9.17) is 4.74 Å². The lowest BCUT2D eigenvalue weighted by molar-refractivity contribution is 0.0530. The highest BCUT2D eigenvalue weighted by atomic mass is 16.5. The first-order chi connectivity index (χ1) is 10.3. The number of H-pyrrole nitrogens is 1. The smallest absolute Gasteiger partial charge is 0.342 e. The molecule has 0 aliphatic rings. The normalized spacial score (nSPS) is 11.5. The van der Waals surface area contributed by atoms with Crippen molar-refractivity contribution in [2.45, 2.75) is 6.92 Å². The van der Waals surface area contributed by atoms with Gasteiger partial charge in [-0.15, -0.1) is 0 Å². The van der Waals surface area contributed by atoms with Gasteiger partial charge in [-0.3, -0.25) is 4.40 Å². The van der Waals surface area contributed by atoms with Crippen molar-refractivity contribution in [3.63, 3.8) is 0 Å². The van der Waals surface area contributed by atoms with Gasteiger partial charge in [0.05, 0.1) is 23.2 Å². The van der Waals surface area contributed by atoms with Crippen LogP contribution in [0.25, 0.3) is 27.6 Å². The van der Waals surface area contributed by atoms with E-state index in [1.54, 1.807) is 0 Å². The molecule has 2 aromatic heterocycles. The van der Waals surface area contributed by atoms with Crippen LogP contribution in [0.4, 0.5) is 0 Å².